The molecule has 1 fully saturated rings. The number of esters is 1. The van der Waals surface area contributed by atoms with Crippen LogP contribution in [0.4, 0.5) is 0 Å². The number of methoxy groups -OCH3 is 1. The van der Waals surface area contributed by atoms with Crippen molar-refractivity contribution in [1.82, 2.24) is 4.90 Å². The van der Waals surface area contributed by atoms with Gasteiger partial charge in [-0.15, -0.1) is 0 Å². The molecular formula is C12H29NO2. The molecule has 1 aliphatic heterocycles. The summed E-state index contributed by atoms with van der Waals surface area (Å²) in [5.41, 5.74) is 0. The van der Waals surface area contributed by atoms with Crippen LogP contribution in [0.3, 0.4) is 0 Å². The average molecular weight is 219 g/mol. The summed E-state index contributed by atoms with van der Waals surface area (Å²) in [6.07, 6.45) is 2.83. The van der Waals surface area contributed by atoms with Crippen LogP contribution in [0.5, 0.6) is 0 Å². The van der Waals surface area contributed by atoms with E-state index in [1.54, 1.807) is 0 Å². The molecule has 0 aromatic rings. The van der Waals surface area contributed by atoms with Crippen molar-refractivity contribution in [3.63, 3.8) is 0 Å². The molecular weight excluding hydrogens is 190 g/mol. The lowest BCUT2D eigenvalue weighted by atomic mass is 10.4. The van der Waals surface area contributed by atoms with E-state index in [-0.39, 0.29) is 5.97 Å². The summed E-state index contributed by atoms with van der Waals surface area (Å²) >= 11 is 0. The Morgan fingerprint density at radius 2 is 1.33 bits per heavy atom. The Morgan fingerprint density at radius 1 is 1.07 bits per heavy atom. The molecule has 0 aromatic carbocycles. The fourth-order valence-corrected chi connectivity index (χ4v) is 0.875. The van der Waals surface area contributed by atoms with Crippen molar-refractivity contribution >= 4 is 5.97 Å². The van der Waals surface area contributed by atoms with Crippen LogP contribution in [0.1, 0.15) is 47.5 Å². The number of rotatable bonds is 0. The van der Waals surface area contributed by atoms with Crippen LogP contribution < -0.4 is 0 Å². The molecule has 3 heteroatoms. The van der Waals surface area contributed by atoms with E-state index in [0.29, 0.717) is 0 Å². The molecule has 1 saturated heterocycles. The van der Waals surface area contributed by atoms with Gasteiger partial charge >= 0.3 is 5.97 Å². The molecule has 0 aliphatic carbocycles. The Morgan fingerprint density at radius 3 is 1.40 bits per heavy atom. The molecule has 0 amide bonds. The highest BCUT2D eigenvalue weighted by molar-refractivity contribution is 5.65. The fraction of sp³-hybridized carbons (Fsp3) is 0.917. The summed E-state index contributed by atoms with van der Waals surface area (Å²) in [5.74, 6) is -0.245. The molecule has 15 heavy (non-hydrogen) atoms. The third-order valence-electron chi connectivity index (χ3n) is 1.62. The SMILES string of the molecule is CC.CC.CN1CCCC1.COC(C)=O. The largest absolute Gasteiger partial charge is 0.469 e. The molecule has 0 bridgehead atoms. The number of hydrogen-bond donors (Lipinski definition) is 0. The standard InChI is InChI=1S/C5H11N.C3H6O2.2C2H6/c1-6-4-2-3-5-6;1-3(4)5-2;2*1-2/h2-5H2,1H3;1-2H3;2*1-2H3. The molecule has 94 valence electrons. The lowest BCUT2D eigenvalue weighted by Gasteiger charge is -2.01. The summed E-state index contributed by atoms with van der Waals surface area (Å²) in [4.78, 5) is 12.0. The molecule has 0 spiro atoms. The van der Waals surface area contributed by atoms with E-state index in [4.69, 9.17) is 0 Å². The van der Waals surface area contributed by atoms with Gasteiger partial charge in [-0.25, -0.2) is 0 Å². The van der Waals surface area contributed by atoms with Gasteiger partial charge in [0.15, 0.2) is 0 Å². The van der Waals surface area contributed by atoms with Gasteiger partial charge in [-0.3, -0.25) is 4.79 Å². The Hall–Kier alpha value is -0.570. The van der Waals surface area contributed by atoms with Crippen LogP contribution >= 0.6 is 0 Å². The third kappa shape index (κ3) is 24.7. The Kier molecular flexibility index (Phi) is 25.3. The summed E-state index contributed by atoms with van der Waals surface area (Å²) in [6, 6.07) is 0. The highest BCUT2D eigenvalue weighted by Gasteiger charge is 2.03. The van der Waals surface area contributed by atoms with E-state index in [0.717, 1.165) is 0 Å². The van der Waals surface area contributed by atoms with Crippen molar-refractivity contribution < 1.29 is 9.53 Å². The molecule has 1 aliphatic rings. The molecule has 0 aromatic heterocycles. The quantitative estimate of drug-likeness (QED) is 0.587. The number of likely N-dealkylation sites (tertiary alicyclic amines) is 1. The van der Waals surface area contributed by atoms with Gasteiger partial charge < -0.3 is 9.64 Å². The first-order valence-electron chi connectivity index (χ1n) is 5.90. The lowest BCUT2D eigenvalue weighted by molar-refractivity contribution is -0.137. The second-order valence-electron chi connectivity index (χ2n) is 2.71. The number of ether oxygens (including phenoxy) is 1. The minimum atomic E-state index is -0.245. The Bertz CT molecular complexity index is 110. The van der Waals surface area contributed by atoms with E-state index < -0.39 is 0 Å². The van der Waals surface area contributed by atoms with Gasteiger partial charge in [0.1, 0.15) is 0 Å². The summed E-state index contributed by atoms with van der Waals surface area (Å²) < 4.78 is 4.11. The van der Waals surface area contributed by atoms with Crippen LogP contribution in [0.2, 0.25) is 0 Å². The molecule has 1 rings (SSSR count). The van der Waals surface area contributed by atoms with Crippen molar-refractivity contribution in [3.05, 3.63) is 0 Å². The first-order valence-corrected chi connectivity index (χ1v) is 5.90. The van der Waals surface area contributed by atoms with Gasteiger partial charge in [0.25, 0.3) is 0 Å². The van der Waals surface area contributed by atoms with Gasteiger partial charge in [-0.2, -0.15) is 0 Å². The molecule has 3 nitrogen and oxygen atoms in total. The number of carbonyl (C=O) groups excluding carboxylic acids is 1. The van der Waals surface area contributed by atoms with Gasteiger partial charge in [0.2, 0.25) is 0 Å². The maximum Gasteiger partial charge on any atom is 0.302 e. The molecule has 0 N–H and O–H groups in total. The van der Waals surface area contributed by atoms with Crippen molar-refractivity contribution in [2.75, 3.05) is 27.2 Å². The minimum absolute atomic E-state index is 0.245. The van der Waals surface area contributed by atoms with Gasteiger partial charge in [0.05, 0.1) is 7.11 Å². The van der Waals surface area contributed by atoms with Gasteiger partial charge in [-0.05, 0) is 33.0 Å². The highest BCUT2D eigenvalue weighted by Crippen LogP contribution is 2.01. The second-order valence-corrected chi connectivity index (χ2v) is 2.71. The number of nitrogens with zero attached hydrogens (tertiary/aromatic N) is 1. The smallest absolute Gasteiger partial charge is 0.302 e. The average Bonchev–Trinajstić information content (AvgIpc) is 2.76. The van der Waals surface area contributed by atoms with Crippen molar-refractivity contribution in [2.24, 2.45) is 0 Å². The normalized spacial score (nSPS) is 13.3. The van der Waals surface area contributed by atoms with Crippen LogP contribution in [-0.4, -0.2) is 38.1 Å². The first kappa shape index (κ1) is 19.9. The van der Waals surface area contributed by atoms with E-state index in [1.165, 1.54) is 40.0 Å². The zero-order valence-corrected chi connectivity index (χ0v) is 11.6. The molecule has 0 saturated carbocycles. The van der Waals surface area contributed by atoms with Crippen molar-refractivity contribution in [1.29, 1.82) is 0 Å². The molecule has 1 heterocycles. The van der Waals surface area contributed by atoms with Crippen LogP contribution in [0, 0.1) is 0 Å². The maximum atomic E-state index is 9.59. The minimum Gasteiger partial charge on any atom is -0.469 e. The van der Waals surface area contributed by atoms with Gasteiger partial charge in [-0.1, -0.05) is 27.7 Å². The van der Waals surface area contributed by atoms with E-state index in [1.807, 2.05) is 27.7 Å². The zero-order chi connectivity index (χ0) is 12.7. The molecule has 0 radical (unpaired) electrons. The Labute approximate surface area is 95.8 Å². The van der Waals surface area contributed by atoms with Crippen LogP contribution in [-0.2, 0) is 9.53 Å². The maximum absolute atomic E-state index is 9.59. The monoisotopic (exact) mass is 219 g/mol. The number of hydrogen-bond acceptors (Lipinski definition) is 3. The molecule has 0 unspecified atom stereocenters. The van der Waals surface area contributed by atoms with Crippen molar-refractivity contribution in [2.45, 2.75) is 47.5 Å². The second kappa shape index (κ2) is 19.1. The molecule has 0 atom stereocenters. The predicted octanol–water partition coefficient (Wildman–Crippen LogP) is 2.94. The first-order chi connectivity index (χ1) is 7.16. The zero-order valence-electron chi connectivity index (χ0n) is 11.6. The lowest BCUT2D eigenvalue weighted by Crippen LogP contribution is -2.10. The van der Waals surface area contributed by atoms with Crippen LogP contribution in [0.15, 0.2) is 0 Å². The topological polar surface area (TPSA) is 29.5 Å². The fourth-order valence-electron chi connectivity index (χ4n) is 0.875. The predicted molar refractivity (Wildman–Crippen MR) is 67.1 cm³/mol. The van der Waals surface area contributed by atoms with E-state index in [9.17, 15) is 4.79 Å². The van der Waals surface area contributed by atoms with Gasteiger partial charge in [0, 0.05) is 6.92 Å². The summed E-state index contributed by atoms with van der Waals surface area (Å²) in [5, 5.41) is 0. The third-order valence-corrected chi connectivity index (χ3v) is 1.62. The van der Waals surface area contributed by atoms with E-state index in [2.05, 4.69) is 16.7 Å². The highest BCUT2D eigenvalue weighted by atomic mass is 16.5. The van der Waals surface area contributed by atoms with E-state index >= 15 is 0 Å². The number of carbonyl (C=O) groups is 1. The Balaban J connectivity index is -0.000000146. The summed E-state index contributed by atoms with van der Waals surface area (Å²) in [7, 11) is 3.52. The van der Waals surface area contributed by atoms with Crippen LogP contribution in [0.25, 0.3) is 0 Å². The summed E-state index contributed by atoms with van der Waals surface area (Å²) in [6.45, 7) is 12.0. The van der Waals surface area contributed by atoms with Crippen molar-refractivity contribution in [3.8, 4) is 0 Å².